The number of aryl methyl sites for hydroxylation is 1. The van der Waals surface area contributed by atoms with Gasteiger partial charge in [0.1, 0.15) is 0 Å². The van der Waals surface area contributed by atoms with E-state index in [-0.39, 0.29) is 0 Å². The van der Waals surface area contributed by atoms with Crippen LogP contribution >= 0.6 is 0 Å². The van der Waals surface area contributed by atoms with Crippen LogP contribution in [0.15, 0.2) is 54.6 Å². The molecule has 1 fully saturated rings. The lowest BCUT2D eigenvalue weighted by Crippen LogP contribution is -2.39. The van der Waals surface area contributed by atoms with Crippen LogP contribution in [-0.4, -0.2) is 33.0 Å². The van der Waals surface area contributed by atoms with E-state index >= 15 is 0 Å². The first-order chi connectivity index (χ1) is 12.5. The van der Waals surface area contributed by atoms with Gasteiger partial charge in [-0.15, -0.1) is 0 Å². The molecular weight excluding hydrogens is 346 g/mol. The highest BCUT2D eigenvalue weighted by molar-refractivity contribution is 7.87. The van der Waals surface area contributed by atoms with Gasteiger partial charge in [-0.1, -0.05) is 54.6 Å². The maximum Gasteiger partial charge on any atom is 0.277 e. The molecule has 0 aromatic heterocycles. The van der Waals surface area contributed by atoms with Crippen molar-refractivity contribution in [2.45, 2.75) is 26.4 Å². The van der Waals surface area contributed by atoms with E-state index in [2.05, 4.69) is 45.5 Å². The number of hydrogen-bond donors (Lipinski definition) is 2. The molecule has 6 heteroatoms. The number of rotatable bonds is 8. The van der Waals surface area contributed by atoms with Crippen molar-refractivity contribution >= 4 is 10.2 Å². The summed E-state index contributed by atoms with van der Waals surface area (Å²) >= 11 is 0. The lowest BCUT2D eigenvalue weighted by Gasteiger charge is -2.18. The first-order valence-corrected chi connectivity index (χ1v) is 10.6. The zero-order valence-electron chi connectivity index (χ0n) is 15.2. The third-order valence-corrected chi connectivity index (χ3v) is 5.97. The minimum absolute atomic E-state index is 0.306. The molecule has 1 aliphatic heterocycles. The van der Waals surface area contributed by atoms with Gasteiger partial charge in [0, 0.05) is 26.2 Å². The molecule has 1 saturated heterocycles. The molecule has 2 aromatic carbocycles. The zero-order valence-corrected chi connectivity index (χ0v) is 16.0. The predicted molar refractivity (Wildman–Crippen MR) is 105 cm³/mol. The average Bonchev–Trinajstić information content (AvgIpc) is 3.09. The maximum atomic E-state index is 12.1. The molecule has 1 aliphatic rings. The standard InChI is InChI=1S/C20H27N3O2S/c1-17-7-5-6-10-20(17)16-23-12-11-19(15-23)14-22-26(24,25)21-13-18-8-3-2-4-9-18/h2-10,19,21-22H,11-16H2,1H3. The number of benzene rings is 2. The van der Waals surface area contributed by atoms with Crippen LogP contribution < -0.4 is 9.44 Å². The fourth-order valence-corrected chi connectivity index (χ4v) is 4.22. The van der Waals surface area contributed by atoms with Crippen molar-refractivity contribution in [2.75, 3.05) is 19.6 Å². The predicted octanol–water partition coefficient (Wildman–Crippen LogP) is 2.44. The Morgan fingerprint density at radius 3 is 2.54 bits per heavy atom. The van der Waals surface area contributed by atoms with E-state index in [0.717, 1.165) is 31.6 Å². The number of nitrogens with zero attached hydrogens (tertiary/aromatic N) is 1. The van der Waals surface area contributed by atoms with Crippen molar-refractivity contribution in [1.82, 2.24) is 14.3 Å². The van der Waals surface area contributed by atoms with E-state index in [1.807, 2.05) is 30.3 Å². The second-order valence-corrected chi connectivity index (χ2v) is 8.56. The molecule has 3 rings (SSSR count). The van der Waals surface area contributed by atoms with Gasteiger partial charge in [0.15, 0.2) is 0 Å². The molecule has 0 aliphatic carbocycles. The number of hydrogen-bond acceptors (Lipinski definition) is 3. The van der Waals surface area contributed by atoms with Crippen LogP contribution in [0.2, 0.25) is 0 Å². The van der Waals surface area contributed by atoms with Gasteiger partial charge in [0.25, 0.3) is 10.2 Å². The van der Waals surface area contributed by atoms with Crippen molar-refractivity contribution in [3.63, 3.8) is 0 Å². The fraction of sp³-hybridized carbons (Fsp3) is 0.400. The fourth-order valence-electron chi connectivity index (χ4n) is 3.30. The summed E-state index contributed by atoms with van der Waals surface area (Å²) in [6, 6.07) is 18.0. The van der Waals surface area contributed by atoms with Crippen LogP contribution in [0.25, 0.3) is 0 Å². The number of likely N-dealkylation sites (tertiary alicyclic amines) is 1. The molecule has 140 valence electrons. The summed E-state index contributed by atoms with van der Waals surface area (Å²) in [7, 11) is -3.47. The van der Waals surface area contributed by atoms with Gasteiger partial charge >= 0.3 is 0 Å². The highest BCUT2D eigenvalue weighted by Crippen LogP contribution is 2.19. The largest absolute Gasteiger partial charge is 0.299 e. The first kappa shape index (κ1) is 19.0. The third-order valence-electron chi connectivity index (χ3n) is 4.90. The zero-order chi connectivity index (χ0) is 18.4. The highest BCUT2D eigenvalue weighted by Gasteiger charge is 2.24. The molecule has 0 bridgehead atoms. The van der Waals surface area contributed by atoms with Crippen molar-refractivity contribution in [3.05, 3.63) is 71.3 Å². The SMILES string of the molecule is Cc1ccccc1CN1CCC(CNS(=O)(=O)NCc2ccccc2)C1. The molecule has 2 aromatic rings. The van der Waals surface area contributed by atoms with E-state index in [0.29, 0.717) is 19.0 Å². The van der Waals surface area contributed by atoms with E-state index in [9.17, 15) is 8.42 Å². The minimum atomic E-state index is -3.47. The first-order valence-electron chi connectivity index (χ1n) is 9.07. The molecule has 0 saturated carbocycles. The Morgan fingerprint density at radius 2 is 1.77 bits per heavy atom. The van der Waals surface area contributed by atoms with Gasteiger partial charge in [-0.25, -0.2) is 4.72 Å². The Morgan fingerprint density at radius 1 is 1.04 bits per heavy atom. The Labute approximate surface area is 156 Å². The molecule has 0 amide bonds. The molecule has 2 N–H and O–H groups in total. The van der Waals surface area contributed by atoms with Gasteiger partial charge in [0.2, 0.25) is 0 Å². The van der Waals surface area contributed by atoms with Gasteiger partial charge in [0.05, 0.1) is 0 Å². The summed E-state index contributed by atoms with van der Waals surface area (Å²) in [5.41, 5.74) is 3.60. The van der Waals surface area contributed by atoms with E-state index in [4.69, 9.17) is 0 Å². The van der Waals surface area contributed by atoms with Crippen LogP contribution in [0.1, 0.15) is 23.1 Å². The van der Waals surface area contributed by atoms with Gasteiger partial charge in [-0.2, -0.15) is 13.1 Å². The summed E-state index contributed by atoms with van der Waals surface area (Å²) in [4.78, 5) is 2.40. The Balaban J connectivity index is 1.43. The van der Waals surface area contributed by atoms with Crippen molar-refractivity contribution in [2.24, 2.45) is 5.92 Å². The molecule has 1 unspecified atom stereocenters. The molecule has 5 nitrogen and oxygen atoms in total. The summed E-state index contributed by atoms with van der Waals surface area (Å²) in [6.45, 7) is 5.79. The molecule has 0 spiro atoms. The van der Waals surface area contributed by atoms with Gasteiger partial charge in [-0.3, -0.25) is 4.90 Å². The Hall–Kier alpha value is -1.73. The van der Waals surface area contributed by atoms with Crippen LogP contribution in [0, 0.1) is 12.8 Å². The molecule has 26 heavy (non-hydrogen) atoms. The summed E-state index contributed by atoms with van der Waals surface area (Å²) in [5.74, 6) is 0.354. The maximum absolute atomic E-state index is 12.1. The Kier molecular flexibility index (Phi) is 6.43. The van der Waals surface area contributed by atoms with Crippen molar-refractivity contribution in [3.8, 4) is 0 Å². The van der Waals surface area contributed by atoms with Crippen molar-refractivity contribution < 1.29 is 8.42 Å². The van der Waals surface area contributed by atoms with Crippen molar-refractivity contribution in [1.29, 1.82) is 0 Å². The van der Waals surface area contributed by atoms with E-state index in [1.54, 1.807) is 0 Å². The molecule has 1 atom stereocenters. The minimum Gasteiger partial charge on any atom is -0.299 e. The molecule has 1 heterocycles. The summed E-state index contributed by atoms with van der Waals surface area (Å²) < 4.78 is 29.6. The van der Waals surface area contributed by atoms with Gasteiger partial charge < -0.3 is 0 Å². The monoisotopic (exact) mass is 373 g/mol. The number of nitrogens with one attached hydrogen (secondary N) is 2. The topological polar surface area (TPSA) is 61.4 Å². The van der Waals surface area contributed by atoms with Gasteiger partial charge in [-0.05, 0) is 42.5 Å². The van der Waals surface area contributed by atoms with E-state index in [1.165, 1.54) is 11.1 Å². The second kappa shape index (κ2) is 8.77. The summed E-state index contributed by atoms with van der Waals surface area (Å²) in [5, 5.41) is 0. The van der Waals surface area contributed by atoms with Crippen LogP contribution in [0.4, 0.5) is 0 Å². The van der Waals surface area contributed by atoms with Crippen LogP contribution in [0.5, 0.6) is 0 Å². The second-order valence-electron chi connectivity index (χ2n) is 6.97. The summed E-state index contributed by atoms with van der Waals surface area (Å²) in [6.07, 6.45) is 1.02. The highest BCUT2D eigenvalue weighted by atomic mass is 32.2. The van der Waals surface area contributed by atoms with Crippen LogP contribution in [0.3, 0.4) is 0 Å². The Bertz CT molecular complexity index is 809. The average molecular weight is 374 g/mol. The lowest BCUT2D eigenvalue weighted by molar-refractivity contribution is 0.316. The normalized spacial score (nSPS) is 18.3. The molecular formula is C20H27N3O2S. The van der Waals surface area contributed by atoms with Crippen LogP contribution in [-0.2, 0) is 23.3 Å². The quantitative estimate of drug-likeness (QED) is 0.747. The third kappa shape index (κ3) is 5.64. The smallest absolute Gasteiger partial charge is 0.277 e. The molecule has 0 radical (unpaired) electrons. The lowest BCUT2D eigenvalue weighted by atomic mass is 10.1. The van der Waals surface area contributed by atoms with E-state index < -0.39 is 10.2 Å².